The van der Waals surface area contributed by atoms with Crippen LogP contribution < -0.4 is 15.5 Å². The van der Waals surface area contributed by atoms with Gasteiger partial charge in [0.05, 0.1) is 23.9 Å². The number of imide groups is 1. The summed E-state index contributed by atoms with van der Waals surface area (Å²) in [6.07, 6.45) is 9.21. The molecule has 0 saturated carbocycles. The number of hydrogen-bond donors (Lipinski definition) is 2. The Labute approximate surface area is 349 Å². The summed E-state index contributed by atoms with van der Waals surface area (Å²) < 4.78 is 13.0. The Morgan fingerprint density at radius 3 is 1.98 bits per heavy atom. The Morgan fingerprint density at radius 1 is 0.763 bits per heavy atom. The third-order valence-electron chi connectivity index (χ3n) is 9.91. The number of carbonyl (C=O) groups excluding carboxylic acids is 4. The van der Waals surface area contributed by atoms with Crippen LogP contribution in [0.2, 0.25) is 0 Å². The van der Waals surface area contributed by atoms with Gasteiger partial charge in [0.25, 0.3) is 11.8 Å². The lowest BCUT2D eigenvalue weighted by Gasteiger charge is -2.28. The first kappa shape index (κ1) is 44.6. The average molecular weight is 810 g/mol. The summed E-state index contributed by atoms with van der Waals surface area (Å²) >= 11 is 0. The van der Waals surface area contributed by atoms with Crippen molar-refractivity contribution in [2.75, 3.05) is 29.9 Å². The first-order valence-electron chi connectivity index (χ1n) is 21.1. The van der Waals surface area contributed by atoms with Crippen LogP contribution in [0.3, 0.4) is 0 Å². The van der Waals surface area contributed by atoms with Crippen LogP contribution >= 0.6 is 0 Å². The number of nitrogens with one attached hydrogen (secondary N) is 2. The molecule has 0 aliphatic carbocycles. The summed E-state index contributed by atoms with van der Waals surface area (Å²) in [6.45, 7) is 17.3. The Balaban J connectivity index is 1.18. The highest BCUT2D eigenvalue weighted by molar-refractivity contribution is 6.21. The number of carbonyl (C=O) groups is 4. The highest BCUT2D eigenvalue weighted by Gasteiger charge is 2.34. The highest BCUT2D eigenvalue weighted by atomic mass is 16.6. The van der Waals surface area contributed by atoms with Crippen LogP contribution in [0.1, 0.15) is 150 Å². The second kappa shape index (κ2) is 20.0. The van der Waals surface area contributed by atoms with Gasteiger partial charge in [-0.2, -0.15) is 9.61 Å². The molecule has 0 bridgehead atoms. The van der Waals surface area contributed by atoms with E-state index >= 15 is 0 Å². The van der Waals surface area contributed by atoms with Crippen LogP contribution in [0.25, 0.3) is 5.65 Å². The van der Waals surface area contributed by atoms with E-state index in [1.165, 1.54) is 10.5 Å². The normalized spacial score (nSPS) is 12.9. The monoisotopic (exact) mass is 809 g/mol. The molecule has 318 valence electrons. The van der Waals surface area contributed by atoms with Crippen molar-refractivity contribution in [2.45, 2.75) is 137 Å². The van der Waals surface area contributed by atoms with Crippen molar-refractivity contribution in [1.29, 1.82) is 0 Å². The molecule has 0 atom stereocenters. The average Bonchev–Trinajstić information content (AvgIpc) is 3.70. The van der Waals surface area contributed by atoms with E-state index in [1.54, 1.807) is 33.7 Å². The molecule has 1 aliphatic heterocycles. The maximum absolute atomic E-state index is 14.0. The van der Waals surface area contributed by atoms with Crippen molar-refractivity contribution in [1.82, 2.24) is 24.8 Å². The lowest BCUT2D eigenvalue weighted by molar-refractivity contribution is 0.0523. The summed E-state index contributed by atoms with van der Waals surface area (Å²) in [5.41, 5.74) is 3.56. The number of ether oxygens (including phenoxy) is 2. The van der Waals surface area contributed by atoms with Gasteiger partial charge in [-0.3, -0.25) is 19.4 Å². The van der Waals surface area contributed by atoms with E-state index in [1.807, 2.05) is 53.8 Å². The number of anilines is 2. The van der Waals surface area contributed by atoms with E-state index in [2.05, 4.69) is 48.7 Å². The van der Waals surface area contributed by atoms with Gasteiger partial charge in [-0.15, -0.1) is 0 Å². The van der Waals surface area contributed by atoms with E-state index in [0.29, 0.717) is 48.0 Å². The minimum absolute atomic E-state index is 0.163. The third-order valence-corrected chi connectivity index (χ3v) is 9.91. The predicted octanol–water partition coefficient (Wildman–Crippen LogP) is 9.69. The molecular formula is C46H63N7O6. The molecule has 13 nitrogen and oxygen atoms in total. The number of fused-ring (bicyclic) bond motifs is 2. The smallest absolute Gasteiger partial charge is 0.416 e. The highest BCUT2D eigenvalue weighted by Crippen LogP contribution is 2.29. The van der Waals surface area contributed by atoms with Crippen molar-refractivity contribution < 1.29 is 28.7 Å². The molecule has 0 saturated heterocycles. The van der Waals surface area contributed by atoms with Crippen LogP contribution in [-0.4, -0.2) is 74.3 Å². The fourth-order valence-corrected chi connectivity index (χ4v) is 6.92. The van der Waals surface area contributed by atoms with E-state index < -0.39 is 23.4 Å². The molecule has 13 heteroatoms. The topological polar surface area (TPSA) is 147 Å². The Hall–Kier alpha value is -5.46. The first-order chi connectivity index (χ1) is 28.0. The summed E-state index contributed by atoms with van der Waals surface area (Å²) in [6, 6.07) is 17.2. The van der Waals surface area contributed by atoms with Gasteiger partial charge in [0.15, 0.2) is 5.65 Å². The molecule has 1 aliphatic rings. The Morgan fingerprint density at radius 2 is 1.36 bits per heavy atom. The van der Waals surface area contributed by atoms with Crippen LogP contribution in [0.5, 0.6) is 0 Å². The second-order valence-electron chi connectivity index (χ2n) is 17.6. The van der Waals surface area contributed by atoms with E-state index in [9.17, 15) is 19.2 Å². The van der Waals surface area contributed by atoms with Crippen molar-refractivity contribution >= 4 is 41.3 Å². The van der Waals surface area contributed by atoms with Crippen molar-refractivity contribution in [3.8, 4) is 0 Å². The van der Waals surface area contributed by atoms with E-state index in [0.717, 1.165) is 68.9 Å². The minimum atomic E-state index is -0.716. The molecule has 2 aromatic heterocycles. The maximum atomic E-state index is 14.0. The molecule has 0 spiro atoms. The Kier molecular flexibility index (Phi) is 15.1. The van der Waals surface area contributed by atoms with Gasteiger partial charge in [0, 0.05) is 31.3 Å². The molecule has 0 unspecified atom stereocenters. The molecule has 0 fully saturated rings. The van der Waals surface area contributed by atoms with Gasteiger partial charge in [-0.1, -0.05) is 75.9 Å². The Bertz CT molecular complexity index is 2030. The minimum Gasteiger partial charge on any atom is -0.444 e. The van der Waals surface area contributed by atoms with Crippen molar-refractivity contribution in [3.63, 3.8) is 0 Å². The fourth-order valence-electron chi connectivity index (χ4n) is 6.92. The quantitative estimate of drug-likeness (QED) is 0.0698. The van der Waals surface area contributed by atoms with Gasteiger partial charge in [-0.05, 0) is 103 Å². The molecule has 0 radical (unpaired) electrons. The summed E-state index contributed by atoms with van der Waals surface area (Å²) in [7, 11) is 0. The number of benzene rings is 2. The zero-order valence-electron chi connectivity index (χ0n) is 36.2. The molecule has 5 rings (SSSR count). The van der Waals surface area contributed by atoms with Crippen LogP contribution in [0.15, 0.2) is 60.8 Å². The van der Waals surface area contributed by atoms with Crippen molar-refractivity contribution in [3.05, 3.63) is 88.6 Å². The standard InChI is InChI=1S/C46H63N7O6/c1-32(2)37-30-49-53-39(29-38(50-40(37)53)47-26-16-10-11-17-27-48-43(56)58-45(3,4)5)52(44(57)59-46(6,7)8)31-34-24-22-33(23-25-34)19-13-9-12-18-28-51-41(54)35-20-14-15-21-36(35)42(51)55/h14-15,20-25,29-30,32H,9-13,16-19,26-28,31H2,1-8H3,(H,47,50)(H,48,56). The van der Waals surface area contributed by atoms with Crippen LogP contribution in [0.4, 0.5) is 21.2 Å². The summed E-state index contributed by atoms with van der Waals surface area (Å²) in [5.74, 6) is 0.970. The van der Waals surface area contributed by atoms with E-state index in [4.69, 9.17) is 19.6 Å². The lowest BCUT2D eigenvalue weighted by atomic mass is 10.0. The summed E-state index contributed by atoms with van der Waals surface area (Å²) in [4.78, 5) is 59.2. The van der Waals surface area contributed by atoms with Crippen molar-refractivity contribution in [2.24, 2.45) is 0 Å². The third kappa shape index (κ3) is 12.8. The number of aromatic nitrogens is 3. The first-order valence-corrected chi connectivity index (χ1v) is 21.1. The number of unbranched alkanes of at least 4 members (excludes halogenated alkanes) is 6. The number of aryl methyl sites for hydroxylation is 1. The van der Waals surface area contributed by atoms with Gasteiger partial charge >= 0.3 is 12.2 Å². The molecular weight excluding hydrogens is 747 g/mol. The molecule has 4 aromatic rings. The van der Waals surface area contributed by atoms with Gasteiger partial charge < -0.3 is 20.1 Å². The number of nitrogens with zero attached hydrogens (tertiary/aromatic N) is 5. The van der Waals surface area contributed by atoms with Crippen LogP contribution in [0, 0.1) is 0 Å². The van der Waals surface area contributed by atoms with E-state index in [-0.39, 0.29) is 24.3 Å². The largest absolute Gasteiger partial charge is 0.444 e. The molecule has 59 heavy (non-hydrogen) atoms. The molecule has 3 heterocycles. The number of amides is 4. The summed E-state index contributed by atoms with van der Waals surface area (Å²) in [5, 5.41) is 11.0. The SMILES string of the molecule is CC(C)c1cnn2c(N(Cc3ccc(CCCCCCN4C(=O)c5ccccc5C4=O)cc3)C(=O)OC(C)(C)C)cc(NCCCCCCNC(=O)OC(C)(C)C)nc12. The number of rotatable bonds is 19. The zero-order chi connectivity index (χ0) is 42.7. The second-order valence-corrected chi connectivity index (χ2v) is 17.6. The molecule has 4 amide bonds. The predicted molar refractivity (Wildman–Crippen MR) is 231 cm³/mol. The van der Waals surface area contributed by atoms with Gasteiger partial charge in [0.2, 0.25) is 0 Å². The number of hydrogen-bond acceptors (Lipinski definition) is 9. The fraction of sp³-hybridized carbons (Fsp3) is 0.522. The molecule has 2 aromatic carbocycles. The maximum Gasteiger partial charge on any atom is 0.416 e. The lowest BCUT2D eigenvalue weighted by Crippen LogP contribution is -2.37. The van der Waals surface area contributed by atoms with Gasteiger partial charge in [0.1, 0.15) is 22.8 Å². The van der Waals surface area contributed by atoms with Gasteiger partial charge in [-0.25, -0.2) is 14.6 Å². The van der Waals surface area contributed by atoms with Crippen LogP contribution in [-0.2, 0) is 22.4 Å². The zero-order valence-corrected chi connectivity index (χ0v) is 36.2. The number of alkyl carbamates (subject to hydrolysis) is 1. The molecule has 2 N–H and O–H groups in total.